The number of ether oxygens (including phenoxy) is 1. The zero-order valence-corrected chi connectivity index (χ0v) is 12.8. The molecule has 1 aromatic heterocycles. The number of rotatable bonds is 4. The van der Waals surface area contributed by atoms with Gasteiger partial charge in [-0.05, 0) is 12.1 Å². The fourth-order valence-electron chi connectivity index (χ4n) is 2.57. The Kier molecular flexibility index (Phi) is 4.21. The van der Waals surface area contributed by atoms with E-state index >= 15 is 0 Å². The summed E-state index contributed by atoms with van der Waals surface area (Å²) in [7, 11) is 1.72. The molecule has 6 nitrogen and oxygen atoms in total. The van der Waals surface area contributed by atoms with Crippen molar-refractivity contribution in [1.29, 1.82) is 0 Å². The number of para-hydroxylation sites is 2. The first-order valence-corrected chi connectivity index (χ1v) is 7.72. The molecule has 1 aliphatic heterocycles. The molecule has 1 saturated heterocycles. The van der Waals surface area contributed by atoms with Crippen LogP contribution in [-0.4, -0.2) is 47.8 Å². The van der Waals surface area contributed by atoms with Crippen LogP contribution in [0.1, 0.15) is 5.69 Å². The number of anilines is 2. The first kappa shape index (κ1) is 14.1. The Balaban J connectivity index is 1.61. The molecular formula is C14H19N5OS. The Labute approximate surface area is 128 Å². The van der Waals surface area contributed by atoms with Gasteiger partial charge in [-0.3, -0.25) is 4.90 Å². The number of nitrogens with zero attached hydrogens (tertiary/aromatic N) is 4. The summed E-state index contributed by atoms with van der Waals surface area (Å²) in [6.45, 7) is 4.68. The molecular weight excluding hydrogens is 286 g/mol. The lowest BCUT2D eigenvalue weighted by Gasteiger charge is -2.36. The maximum Gasteiger partial charge on any atom is 0.142 e. The lowest BCUT2D eigenvalue weighted by Crippen LogP contribution is -2.46. The second-order valence-electron chi connectivity index (χ2n) is 5.02. The third-order valence-electron chi connectivity index (χ3n) is 3.76. The number of methoxy groups -OCH3 is 1. The summed E-state index contributed by atoms with van der Waals surface area (Å²) in [6, 6.07) is 8.16. The largest absolute Gasteiger partial charge is 0.495 e. The number of hydrogen-bond donors (Lipinski definition) is 1. The second kappa shape index (κ2) is 6.28. The van der Waals surface area contributed by atoms with E-state index in [9.17, 15) is 0 Å². The van der Waals surface area contributed by atoms with Crippen LogP contribution >= 0.6 is 11.5 Å². The van der Waals surface area contributed by atoms with Gasteiger partial charge in [-0.1, -0.05) is 16.6 Å². The van der Waals surface area contributed by atoms with Crippen molar-refractivity contribution in [3.05, 3.63) is 30.0 Å². The van der Waals surface area contributed by atoms with E-state index in [2.05, 4.69) is 25.5 Å². The number of nitrogen functional groups attached to an aromatic ring is 1. The van der Waals surface area contributed by atoms with Crippen LogP contribution in [0.4, 0.5) is 10.7 Å². The minimum atomic E-state index is 0.724. The summed E-state index contributed by atoms with van der Waals surface area (Å²) in [6.07, 6.45) is 0. The van der Waals surface area contributed by atoms with Gasteiger partial charge in [0, 0.05) is 44.3 Å². The summed E-state index contributed by atoms with van der Waals surface area (Å²) in [5.74, 6) is 0.930. The third-order valence-corrected chi connectivity index (χ3v) is 4.35. The molecule has 2 N–H and O–H groups in total. The Morgan fingerprint density at radius 2 is 2.00 bits per heavy atom. The molecule has 0 unspecified atom stereocenters. The maximum atomic E-state index is 5.85. The molecule has 0 spiro atoms. The Morgan fingerprint density at radius 1 is 1.24 bits per heavy atom. The standard InChI is InChI=1S/C14H19N5OS/c1-20-13-5-3-2-4-12(13)19-8-6-18(7-9-19)10-11-14(15)21-17-16-11/h2-5H,6-10,15H2,1H3. The predicted octanol–water partition coefficient (Wildman–Crippen LogP) is 1.45. The van der Waals surface area contributed by atoms with E-state index in [0.717, 1.165) is 54.9 Å². The van der Waals surface area contributed by atoms with E-state index in [1.54, 1.807) is 7.11 Å². The Hall–Kier alpha value is -1.86. The summed E-state index contributed by atoms with van der Waals surface area (Å²) >= 11 is 1.26. The van der Waals surface area contributed by atoms with Gasteiger partial charge in [0.05, 0.1) is 12.8 Å². The van der Waals surface area contributed by atoms with E-state index < -0.39 is 0 Å². The molecule has 21 heavy (non-hydrogen) atoms. The summed E-state index contributed by atoms with van der Waals surface area (Å²) < 4.78 is 9.32. The zero-order valence-electron chi connectivity index (χ0n) is 12.0. The molecule has 1 fully saturated rings. The van der Waals surface area contributed by atoms with Gasteiger partial charge in [-0.25, -0.2) is 0 Å². The second-order valence-corrected chi connectivity index (χ2v) is 5.80. The minimum Gasteiger partial charge on any atom is -0.495 e. The molecule has 0 saturated carbocycles. The van der Waals surface area contributed by atoms with Crippen molar-refractivity contribution in [2.24, 2.45) is 0 Å². The lowest BCUT2D eigenvalue weighted by molar-refractivity contribution is 0.246. The highest BCUT2D eigenvalue weighted by Crippen LogP contribution is 2.28. The van der Waals surface area contributed by atoms with Crippen LogP contribution in [0.3, 0.4) is 0 Å². The number of benzene rings is 1. The number of aromatic nitrogens is 2. The van der Waals surface area contributed by atoms with Crippen LogP contribution in [-0.2, 0) is 6.54 Å². The lowest BCUT2D eigenvalue weighted by atomic mass is 10.2. The summed E-state index contributed by atoms with van der Waals surface area (Å²) in [5.41, 5.74) is 7.91. The maximum absolute atomic E-state index is 5.85. The molecule has 0 atom stereocenters. The van der Waals surface area contributed by atoms with Crippen molar-refractivity contribution in [2.75, 3.05) is 43.9 Å². The molecule has 3 rings (SSSR count). The van der Waals surface area contributed by atoms with Gasteiger partial charge in [0.2, 0.25) is 0 Å². The highest BCUT2D eigenvalue weighted by atomic mass is 32.1. The van der Waals surface area contributed by atoms with E-state index in [4.69, 9.17) is 10.5 Å². The van der Waals surface area contributed by atoms with Crippen molar-refractivity contribution < 1.29 is 4.74 Å². The van der Waals surface area contributed by atoms with E-state index in [0.29, 0.717) is 0 Å². The first-order valence-electron chi connectivity index (χ1n) is 6.95. The minimum absolute atomic E-state index is 0.724. The van der Waals surface area contributed by atoms with Crippen LogP contribution in [0.25, 0.3) is 0 Å². The normalized spacial score (nSPS) is 16.1. The fourth-order valence-corrected chi connectivity index (χ4v) is 3.01. The van der Waals surface area contributed by atoms with Crippen molar-refractivity contribution in [3.63, 3.8) is 0 Å². The molecule has 2 heterocycles. The van der Waals surface area contributed by atoms with Crippen molar-refractivity contribution in [1.82, 2.24) is 14.5 Å². The number of hydrogen-bond acceptors (Lipinski definition) is 7. The summed E-state index contributed by atoms with van der Waals surface area (Å²) in [5, 5.41) is 4.81. The number of piperazine rings is 1. The smallest absolute Gasteiger partial charge is 0.142 e. The van der Waals surface area contributed by atoms with Gasteiger partial charge >= 0.3 is 0 Å². The molecule has 7 heteroatoms. The number of nitrogens with two attached hydrogens (primary N) is 1. The molecule has 0 radical (unpaired) electrons. The van der Waals surface area contributed by atoms with E-state index in [1.807, 2.05) is 18.2 Å². The van der Waals surface area contributed by atoms with Crippen molar-refractivity contribution in [2.45, 2.75) is 6.54 Å². The molecule has 112 valence electrons. The first-order chi connectivity index (χ1) is 10.3. The van der Waals surface area contributed by atoms with Gasteiger partial charge in [0.25, 0.3) is 0 Å². The highest BCUT2D eigenvalue weighted by molar-refractivity contribution is 7.09. The van der Waals surface area contributed by atoms with Crippen molar-refractivity contribution >= 4 is 22.2 Å². The molecule has 2 aromatic rings. The topological polar surface area (TPSA) is 67.5 Å². The third kappa shape index (κ3) is 3.08. The average molecular weight is 305 g/mol. The molecule has 0 aliphatic carbocycles. The van der Waals surface area contributed by atoms with E-state index in [1.165, 1.54) is 11.5 Å². The summed E-state index contributed by atoms with van der Waals surface area (Å²) in [4.78, 5) is 4.72. The van der Waals surface area contributed by atoms with Gasteiger partial charge < -0.3 is 15.4 Å². The molecule has 1 aromatic carbocycles. The van der Waals surface area contributed by atoms with Crippen LogP contribution < -0.4 is 15.4 Å². The average Bonchev–Trinajstić information content (AvgIpc) is 2.93. The Bertz CT molecular complexity index is 595. The monoisotopic (exact) mass is 305 g/mol. The molecule has 0 amide bonds. The van der Waals surface area contributed by atoms with Gasteiger partial charge in [-0.2, -0.15) is 0 Å². The molecule has 0 bridgehead atoms. The van der Waals surface area contributed by atoms with Gasteiger partial charge in [0.15, 0.2) is 0 Å². The highest BCUT2D eigenvalue weighted by Gasteiger charge is 2.20. The Morgan fingerprint density at radius 3 is 2.67 bits per heavy atom. The quantitative estimate of drug-likeness (QED) is 0.922. The van der Waals surface area contributed by atoms with Gasteiger partial charge in [-0.15, -0.1) is 5.10 Å². The fraction of sp³-hybridized carbons (Fsp3) is 0.429. The van der Waals surface area contributed by atoms with Crippen molar-refractivity contribution in [3.8, 4) is 5.75 Å². The zero-order chi connectivity index (χ0) is 14.7. The molecule has 1 aliphatic rings. The predicted molar refractivity (Wildman–Crippen MR) is 84.8 cm³/mol. The van der Waals surface area contributed by atoms with Crippen LogP contribution in [0, 0.1) is 0 Å². The van der Waals surface area contributed by atoms with Crippen LogP contribution in [0.15, 0.2) is 24.3 Å². The van der Waals surface area contributed by atoms with Crippen LogP contribution in [0.5, 0.6) is 5.75 Å². The van der Waals surface area contributed by atoms with E-state index in [-0.39, 0.29) is 0 Å². The SMILES string of the molecule is COc1ccccc1N1CCN(Cc2nnsc2N)CC1. The van der Waals surface area contributed by atoms with Crippen LogP contribution in [0.2, 0.25) is 0 Å². The van der Waals surface area contributed by atoms with Gasteiger partial charge in [0.1, 0.15) is 16.4 Å².